The molecule has 20 heavy (non-hydrogen) atoms. The number of hydrogen-bond acceptors (Lipinski definition) is 5. The highest BCUT2D eigenvalue weighted by Gasteiger charge is 2.08. The molecule has 6 heteroatoms. The minimum absolute atomic E-state index is 0.169. The second-order valence-corrected chi connectivity index (χ2v) is 4.88. The van der Waals surface area contributed by atoms with E-state index in [2.05, 4.69) is 27.5 Å². The van der Waals surface area contributed by atoms with E-state index in [0.29, 0.717) is 12.2 Å². The number of aliphatic hydroxyl groups excluding tert-OH is 1. The fourth-order valence-corrected chi connectivity index (χ4v) is 2.12. The van der Waals surface area contributed by atoms with E-state index in [1.54, 1.807) is 4.68 Å². The highest BCUT2D eigenvalue weighted by molar-refractivity contribution is 5.37. The molecular weight excluding hydrogens is 254 g/mol. The van der Waals surface area contributed by atoms with Gasteiger partial charge < -0.3 is 10.4 Å². The molecule has 0 radical (unpaired) electrons. The van der Waals surface area contributed by atoms with Gasteiger partial charge in [0.05, 0.1) is 5.69 Å². The van der Waals surface area contributed by atoms with Crippen molar-refractivity contribution < 1.29 is 5.11 Å². The van der Waals surface area contributed by atoms with Gasteiger partial charge in [-0.15, -0.1) is 10.2 Å². The van der Waals surface area contributed by atoms with E-state index in [-0.39, 0.29) is 12.6 Å². The zero-order chi connectivity index (χ0) is 14.5. The summed E-state index contributed by atoms with van der Waals surface area (Å²) in [5.74, 6) is 1.42. The minimum Gasteiger partial charge on any atom is -0.396 e. The number of hydrogen-bond donors (Lipinski definition) is 2. The summed E-state index contributed by atoms with van der Waals surface area (Å²) in [6.45, 7) is 6.18. The Kier molecular flexibility index (Phi) is 4.68. The van der Waals surface area contributed by atoms with Crippen molar-refractivity contribution in [1.82, 2.24) is 20.0 Å². The molecule has 0 spiro atoms. The van der Waals surface area contributed by atoms with E-state index in [9.17, 15) is 0 Å². The van der Waals surface area contributed by atoms with Crippen molar-refractivity contribution in [2.24, 2.45) is 0 Å². The Morgan fingerprint density at radius 3 is 2.60 bits per heavy atom. The Hall–Kier alpha value is -1.95. The molecule has 2 heterocycles. The first kappa shape index (κ1) is 14.5. The highest BCUT2D eigenvalue weighted by Crippen LogP contribution is 2.12. The first-order valence-corrected chi connectivity index (χ1v) is 6.88. The van der Waals surface area contributed by atoms with Gasteiger partial charge in [0.2, 0.25) is 0 Å². The van der Waals surface area contributed by atoms with Gasteiger partial charge in [-0.25, -0.2) is 4.68 Å². The standard InChI is InChI=1S/C14H21N5O/c1-4-12(7-8-20)15-13-5-6-14(17-16-13)19-11(3)9-10(2)18-19/h5-6,9,12,20H,4,7-8H2,1-3H3,(H,15,16). The van der Waals surface area contributed by atoms with Crippen LogP contribution >= 0.6 is 0 Å². The molecule has 0 saturated carbocycles. The molecule has 0 aliphatic rings. The number of anilines is 1. The van der Waals surface area contributed by atoms with E-state index in [1.165, 1.54) is 0 Å². The Labute approximate surface area is 118 Å². The number of nitrogens with zero attached hydrogens (tertiary/aromatic N) is 4. The highest BCUT2D eigenvalue weighted by atomic mass is 16.3. The molecule has 0 aromatic carbocycles. The lowest BCUT2D eigenvalue weighted by Gasteiger charge is -2.15. The average molecular weight is 275 g/mol. The van der Waals surface area contributed by atoms with Crippen molar-refractivity contribution in [3.05, 3.63) is 29.6 Å². The maximum atomic E-state index is 8.98. The van der Waals surface area contributed by atoms with Crippen LogP contribution in [0.5, 0.6) is 0 Å². The van der Waals surface area contributed by atoms with Gasteiger partial charge in [0, 0.05) is 18.3 Å². The lowest BCUT2D eigenvalue weighted by molar-refractivity contribution is 0.278. The maximum absolute atomic E-state index is 8.98. The zero-order valence-corrected chi connectivity index (χ0v) is 12.2. The third-order valence-electron chi connectivity index (χ3n) is 3.20. The molecule has 2 rings (SSSR count). The molecule has 0 aliphatic heterocycles. The summed E-state index contributed by atoms with van der Waals surface area (Å²) in [5, 5.41) is 25.0. The van der Waals surface area contributed by atoms with Crippen LogP contribution in [-0.4, -0.2) is 37.7 Å². The number of aromatic nitrogens is 4. The largest absolute Gasteiger partial charge is 0.396 e. The van der Waals surface area contributed by atoms with Gasteiger partial charge in [-0.3, -0.25) is 0 Å². The van der Waals surface area contributed by atoms with Gasteiger partial charge in [-0.2, -0.15) is 5.10 Å². The Morgan fingerprint density at radius 2 is 2.10 bits per heavy atom. The van der Waals surface area contributed by atoms with Crippen LogP contribution in [0.2, 0.25) is 0 Å². The van der Waals surface area contributed by atoms with Crippen LogP contribution < -0.4 is 5.32 Å². The Balaban J connectivity index is 2.12. The third-order valence-corrected chi connectivity index (χ3v) is 3.20. The quantitative estimate of drug-likeness (QED) is 0.841. The fraction of sp³-hybridized carbons (Fsp3) is 0.500. The van der Waals surface area contributed by atoms with Crippen molar-refractivity contribution in [3.8, 4) is 5.82 Å². The summed E-state index contributed by atoms with van der Waals surface area (Å²) in [6.07, 6.45) is 1.64. The predicted molar refractivity (Wildman–Crippen MR) is 78.0 cm³/mol. The molecule has 1 atom stereocenters. The predicted octanol–water partition coefficient (Wildman–Crippen LogP) is 1.85. The van der Waals surface area contributed by atoms with Gasteiger partial charge in [0.1, 0.15) is 5.82 Å². The summed E-state index contributed by atoms with van der Waals surface area (Å²) >= 11 is 0. The van der Waals surface area contributed by atoms with E-state index in [0.717, 1.165) is 23.6 Å². The molecule has 2 aromatic rings. The first-order valence-electron chi connectivity index (χ1n) is 6.88. The van der Waals surface area contributed by atoms with E-state index in [1.807, 2.05) is 32.0 Å². The molecule has 2 aromatic heterocycles. The first-order chi connectivity index (χ1) is 9.63. The molecule has 2 N–H and O–H groups in total. The SMILES string of the molecule is CCC(CCO)Nc1ccc(-n2nc(C)cc2C)nn1. The average Bonchev–Trinajstić information content (AvgIpc) is 2.78. The topological polar surface area (TPSA) is 75.9 Å². The van der Waals surface area contributed by atoms with Gasteiger partial charge in [-0.1, -0.05) is 6.92 Å². The monoisotopic (exact) mass is 275 g/mol. The van der Waals surface area contributed by atoms with Gasteiger partial charge in [-0.05, 0) is 44.9 Å². The van der Waals surface area contributed by atoms with Gasteiger partial charge in [0.15, 0.2) is 5.82 Å². The molecule has 6 nitrogen and oxygen atoms in total. The summed E-state index contributed by atoms with van der Waals surface area (Å²) in [6, 6.07) is 6.00. The molecule has 1 unspecified atom stereocenters. The van der Waals surface area contributed by atoms with E-state index < -0.39 is 0 Å². The van der Waals surface area contributed by atoms with Crippen molar-refractivity contribution in [2.45, 2.75) is 39.7 Å². The molecular formula is C14H21N5O. The van der Waals surface area contributed by atoms with Crippen molar-refractivity contribution in [2.75, 3.05) is 11.9 Å². The van der Waals surface area contributed by atoms with E-state index >= 15 is 0 Å². The van der Waals surface area contributed by atoms with Crippen LogP contribution in [0.4, 0.5) is 5.82 Å². The van der Waals surface area contributed by atoms with Crippen molar-refractivity contribution in [3.63, 3.8) is 0 Å². The number of rotatable bonds is 6. The van der Waals surface area contributed by atoms with E-state index in [4.69, 9.17) is 5.11 Å². The number of nitrogens with one attached hydrogen (secondary N) is 1. The fourth-order valence-electron chi connectivity index (χ4n) is 2.12. The molecule has 0 saturated heterocycles. The van der Waals surface area contributed by atoms with Gasteiger partial charge >= 0.3 is 0 Å². The molecule has 0 fully saturated rings. The smallest absolute Gasteiger partial charge is 0.176 e. The summed E-state index contributed by atoms with van der Waals surface area (Å²) in [4.78, 5) is 0. The Morgan fingerprint density at radius 1 is 1.30 bits per heavy atom. The number of aryl methyl sites for hydroxylation is 2. The molecule has 0 aliphatic carbocycles. The molecule has 0 bridgehead atoms. The minimum atomic E-state index is 0.169. The van der Waals surface area contributed by atoms with Crippen molar-refractivity contribution in [1.29, 1.82) is 0 Å². The van der Waals surface area contributed by atoms with Crippen LogP contribution in [-0.2, 0) is 0 Å². The van der Waals surface area contributed by atoms with Crippen LogP contribution in [0, 0.1) is 13.8 Å². The summed E-state index contributed by atoms with van der Waals surface area (Å²) < 4.78 is 1.77. The van der Waals surface area contributed by atoms with Crippen LogP contribution in [0.3, 0.4) is 0 Å². The maximum Gasteiger partial charge on any atom is 0.176 e. The van der Waals surface area contributed by atoms with Crippen LogP contribution in [0.25, 0.3) is 5.82 Å². The Bertz CT molecular complexity index is 549. The summed E-state index contributed by atoms with van der Waals surface area (Å²) in [5.41, 5.74) is 1.99. The van der Waals surface area contributed by atoms with Crippen LogP contribution in [0.1, 0.15) is 31.2 Å². The second kappa shape index (κ2) is 6.47. The normalized spacial score (nSPS) is 12.4. The number of aliphatic hydroxyl groups is 1. The second-order valence-electron chi connectivity index (χ2n) is 4.88. The molecule has 0 amide bonds. The summed E-state index contributed by atoms with van der Waals surface area (Å²) in [7, 11) is 0. The third kappa shape index (κ3) is 3.33. The lowest BCUT2D eigenvalue weighted by Crippen LogP contribution is -2.20. The lowest BCUT2D eigenvalue weighted by atomic mass is 10.1. The zero-order valence-electron chi connectivity index (χ0n) is 12.2. The van der Waals surface area contributed by atoms with Crippen LogP contribution in [0.15, 0.2) is 18.2 Å². The van der Waals surface area contributed by atoms with Crippen molar-refractivity contribution >= 4 is 5.82 Å². The molecule has 108 valence electrons. The van der Waals surface area contributed by atoms with Gasteiger partial charge in [0.25, 0.3) is 0 Å².